The van der Waals surface area contributed by atoms with Gasteiger partial charge in [-0.05, 0) is 36.4 Å². The molecule has 2 nitrogen and oxygen atoms in total. The van der Waals surface area contributed by atoms with Gasteiger partial charge in [-0.2, -0.15) is 0 Å². The van der Waals surface area contributed by atoms with E-state index in [1.54, 1.807) is 6.26 Å². The smallest absolute Gasteiger partial charge is 0.0935 e. The third-order valence-electron chi connectivity index (χ3n) is 2.71. The molecule has 1 N–H and O–H groups in total. The molecular formula is C13H23NO. The largest absolute Gasteiger partial charge is 0.472 e. The third-order valence-corrected chi connectivity index (χ3v) is 2.71. The molecule has 1 aromatic heterocycles. The average molecular weight is 209 g/mol. The second-order valence-electron chi connectivity index (χ2n) is 5.21. The van der Waals surface area contributed by atoms with Crippen LogP contribution in [0.3, 0.4) is 0 Å². The Morgan fingerprint density at radius 2 is 2.13 bits per heavy atom. The molecule has 0 fully saturated rings. The first kappa shape index (κ1) is 12.3. The number of hydrogen-bond acceptors (Lipinski definition) is 2. The number of hydrogen-bond donors (Lipinski definition) is 1. The predicted octanol–water partition coefficient (Wildman–Crippen LogP) is 3.24. The van der Waals surface area contributed by atoms with Crippen LogP contribution in [-0.4, -0.2) is 12.6 Å². The quantitative estimate of drug-likeness (QED) is 0.805. The maximum absolute atomic E-state index is 5.10. The van der Waals surface area contributed by atoms with Gasteiger partial charge in [0.2, 0.25) is 0 Å². The highest BCUT2D eigenvalue weighted by Gasteiger charge is 2.24. The van der Waals surface area contributed by atoms with Crippen LogP contribution in [0.15, 0.2) is 23.0 Å². The van der Waals surface area contributed by atoms with Crippen molar-refractivity contribution in [3.8, 4) is 0 Å². The van der Waals surface area contributed by atoms with E-state index in [1.807, 2.05) is 12.3 Å². The third kappa shape index (κ3) is 4.08. The van der Waals surface area contributed by atoms with Crippen molar-refractivity contribution in [1.82, 2.24) is 5.32 Å². The summed E-state index contributed by atoms with van der Waals surface area (Å²) in [6, 6.07) is 2.56. The van der Waals surface area contributed by atoms with Crippen LogP contribution in [0.4, 0.5) is 0 Å². The molecule has 0 aliphatic heterocycles. The Bertz CT molecular complexity index is 259. The van der Waals surface area contributed by atoms with Gasteiger partial charge < -0.3 is 9.73 Å². The van der Waals surface area contributed by atoms with Crippen molar-refractivity contribution in [2.45, 2.75) is 46.6 Å². The highest BCUT2D eigenvalue weighted by Crippen LogP contribution is 2.22. The Morgan fingerprint density at radius 1 is 1.40 bits per heavy atom. The fourth-order valence-electron chi connectivity index (χ4n) is 1.65. The van der Waals surface area contributed by atoms with Gasteiger partial charge >= 0.3 is 0 Å². The van der Waals surface area contributed by atoms with Crippen LogP contribution in [0, 0.1) is 5.41 Å². The van der Waals surface area contributed by atoms with E-state index in [4.69, 9.17) is 4.42 Å². The fourth-order valence-corrected chi connectivity index (χ4v) is 1.65. The molecule has 0 aromatic carbocycles. The summed E-state index contributed by atoms with van der Waals surface area (Å²) in [5.74, 6) is 0. The lowest BCUT2D eigenvalue weighted by atomic mass is 9.83. The summed E-state index contributed by atoms with van der Waals surface area (Å²) >= 11 is 0. The molecule has 0 saturated heterocycles. The fraction of sp³-hybridized carbons (Fsp3) is 0.692. The predicted molar refractivity (Wildman–Crippen MR) is 63.9 cm³/mol. The zero-order chi connectivity index (χ0) is 11.3. The molecule has 1 atom stereocenters. The molecule has 0 bridgehead atoms. The van der Waals surface area contributed by atoms with E-state index in [0.29, 0.717) is 6.04 Å². The molecule has 0 aliphatic carbocycles. The molecule has 1 aromatic rings. The molecule has 0 spiro atoms. The molecule has 15 heavy (non-hydrogen) atoms. The van der Waals surface area contributed by atoms with E-state index in [2.05, 4.69) is 33.0 Å². The lowest BCUT2D eigenvalue weighted by Gasteiger charge is -2.31. The van der Waals surface area contributed by atoms with Crippen LogP contribution in [0.25, 0.3) is 0 Å². The zero-order valence-corrected chi connectivity index (χ0v) is 10.3. The topological polar surface area (TPSA) is 25.2 Å². The van der Waals surface area contributed by atoms with Crippen molar-refractivity contribution in [3.05, 3.63) is 24.2 Å². The molecule has 0 aliphatic rings. The van der Waals surface area contributed by atoms with Crippen molar-refractivity contribution in [2.75, 3.05) is 6.54 Å². The lowest BCUT2D eigenvalue weighted by molar-refractivity contribution is 0.266. The second kappa shape index (κ2) is 5.36. The first-order chi connectivity index (χ1) is 7.04. The summed E-state index contributed by atoms with van der Waals surface area (Å²) in [7, 11) is 0. The molecule has 1 heterocycles. The monoisotopic (exact) mass is 209 g/mol. The van der Waals surface area contributed by atoms with Crippen molar-refractivity contribution >= 4 is 0 Å². The van der Waals surface area contributed by atoms with E-state index < -0.39 is 0 Å². The standard InChI is InChI=1S/C13H23NO/c1-5-7-14-12(13(2,3)4)9-11-6-8-15-10-11/h6,8,10,12,14H,5,7,9H2,1-4H3. The van der Waals surface area contributed by atoms with Crippen molar-refractivity contribution in [2.24, 2.45) is 5.41 Å². The minimum absolute atomic E-state index is 0.284. The minimum Gasteiger partial charge on any atom is -0.472 e. The van der Waals surface area contributed by atoms with E-state index in [-0.39, 0.29) is 5.41 Å². The number of rotatable bonds is 5. The molecule has 0 amide bonds. The van der Waals surface area contributed by atoms with Crippen LogP contribution in [0.2, 0.25) is 0 Å². The maximum Gasteiger partial charge on any atom is 0.0935 e. The van der Waals surface area contributed by atoms with Gasteiger partial charge in [0, 0.05) is 6.04 Å². The average Bonchev–Trinajstić information content (AvgIpc) is 2.62. The normalized spacial score (nSPS) is 14.1. The highest BCUT2D eigenvalue weighted by atomic mass is 16.3. The Hall–Kier alpha value is -0.760. The van der Waals surface area contributed by atoms with Gasteiger partial charge in [0.25, 0.3) is 0 Å². The van der Waals surface area contributed by atoms with Gasteiger partial charge in [-0.1, -0.05) is 27.7 Å². The van der Waals surface area contributed by atoms with Crippen LogP contribution >= 0.6 is 0 Å². The zero-order valence-electron chi connectivity index (χ0n) is 10.3. The Balaban J connectivity index is 2.57. The molecule has 1 rings (SSSR count). The molecule has 1 unspecified atom stereocenters. The molecular weight excluding hydrogens is 186 g/mol. The summed E-state index contributed by atoms with van der Waals surface area (Å²) in [5.41, 5.74) is 1.56. The van der Waals surface area contributed by atoms with E-state index in [0.717, 1.165) is 13.0 Å². The first-order valence-electron chi connectivity index (χ1n) is 5.78. The number of furan rings is 1. The van der Waals surface area contributed by atoms with Crippen molar-refractivity contribution in [3.63, 3.8) is 0 Å². The molecule has 2 heteroatoms. The summed E-state index contributed by atoms with van der Waals surface area (Å²) in [6.45, 7) is 10.1. The van der Waals surface area contributed by atoms with Gasteiger partial charge in [0.05, 0.1) is 12.5 Å². The van der Waals surface area contributed by atoms with Gasteiger partial charge in [-0.15, -0.1) is 0 Å². The molecule has 86 valence electrons. The van der Waals surface area contributed by atoms with Crippen LogP contribution < -0.4 is 5.32 Å². The second-order valence-corrected chi connectivity index (χ2v) is 5.21. The van der Waals surface area contributed by atoms with Gasteiger partial charge in [0.1, 0.15) is 0 Å². The summed E-state index contributed by atoms with van der Waals surface area (Å²) in [4.78, 5) is 0. The lowest BCUT2D eigenvalue weighted by Crippen LogP contribution is -2.42. The van der Waals surface area contributed by atoms with Gasteiger partial charge in [-0.25, -0.2) is 0 Å². The van der Waals surface area contributed by atoms with Crippen molar-refractivity contribution in [1.29, 1.82) is 0 Å². The highest BCUT2D eigenvalue weighted by molar-refractivity contribution is 5.08. The molecule has 0 saturated carbocycles. The van der Waals surface area contributed by atoms with Crippen LogP contribution in [-0.2, 0) is 6.42 Å². The summed E-state index contributed by atoms with van der Waals surface area (Å²) in [5, 5.41) is 3.61. The Labute approximate surface area is 93.1 Å². The van der Waals surface area contributed by atoms with Crippen LogP contribution in [0.1, 0.15) is 39.7 Å². The Kier molecular flexibility index (Phi) is 4.40. The van der Waals surface area contributed by atoms with Gasteiger partial charge in [-0.3, -0.25) is 0 Å². The van der Waals surface area contributed by atoms with Crippen LogP contribution in [0.5, 0.6) is 0 Å². The summed E-state index contributed by atoms with van der Waals surface area (Å²) < 4.78 is 5.10. The van der Waals surface area contributed by atoms with E-state index >= 15 is 0 Å². The molecule has 0 radical (unpaired) electrons. The maximum atomic E-state index is 5.10. The minimum atomic E-state index is 0.284. The van der Waals surface area contributed by atoms with E-state index in [1.165, 1.54) is 12.0 Å². The Morgan fingerprint density at radius 3 is 2.60 bits per heavy atom. The van der Waals surface area contributed by atoms with Gasteiger partial charge in [0.15, 0.2) is 0 Å². The number of nitrogens with one attached hydrogen (secondary N) is 1. The first-order valence-corrected chi connectivity index (χ1v) is 5.78. The SMILES string of the molecule is CCCNC(Cc1ccoc1)C(C)(C)C. The summed E-state index contributed by atoms with van der Waals surface area (Å²) in [6.07, 6.45) is 5.80. The van der Waals surface area contributed by atoms with Crippen molar-refractivity contribution < 1.29 is 4.42 Å². The van der Waals surface area contributed by atoms with E-state index in [9.17, 15) is 0 Å².